The van der Waals surface area contributed by atoms with Crippen molar-refractivity contribution in [3.05, 3.63) is 23.8 Å². The van der Waals surface area contributed by atoms with E-state index in [4.69, 9.17) is 4.74 Å². The van der Waals surface area contributed by atoms with Gasteiger partial charge in [0.15, 0.2) is 0 Å². The molecule has 1 aromatic carbocycles. The lowest BCUT2D eigenvalue weighted by Gasteiger charge is -2.20. The number of ether oxygens (including phenoxy) is 1. The van der Waals surface area contributed by atoms with Crippen molar-refractivity contribution in [2.45, 2.75) is 32.5 Å². The van der Waals surface area contributed by atoms with Crippen molar-refractivity contribution in [3.8, 4) is 5.75 Å². The molecule has 0 bridgehead atoms. The number of rotatable bonds is 2. The van der Waals surface area contributed by atoms with E-state index in [1.54, 1.807) is 20.8 Å². The molecule has 0 aromatic heterocycles. The number of Topliss-reactive ketones (excluding diaryl/α,β-unsaturated/α-hetero) is 1. The van der Waals surface area contributed by atoms with Gasteiger partial charge in [-0.1, -0.05) is 0 Å². The number of halogens is 3. The second kappa shape index (κ2) is 5.63. The molecule has 0 aliphatic rings. The van der Waals surface area contributed by atoms with Crippen LogP contribution in [0.3, 0.4) is 0 Å². The van der Waals surface area contributed by atoms with Gasteiger partial charge in [0.05, 0.1) is 5.69 Å². The number of phenols is 1. The molecule has 5 nitrogen and oxygen atoms in total. The molecular formula is C13H14F3NO4. The molecule has 0 radical (unpaired) electrons. The highest BCUT2D eigenvalue weighted by Crippen LogP contribution is 2.28. The fourth-order valence-electron chi connectivity index (χ4n) is 1.35. The Kier molecular flexibility index (Phi) is 4.50. The van der Waals surface area contributed by atoms with Crippen LogP contribution in [-0.4, -0.2) is 28.8 Å². The van der Waals surface area contributed by atoms with Crippen LogP contribution in [0.4, 0.5) is 23.7 Å². The van der Waals surface area contributed by atoms with E-state index in [2.05, 4.69) is 5.32 Å². The average Bonchev–Trinajstić information content (AvgIpc) is 2.27. The van der Waals surface area contributed by atoms with Crippen molar-refractivity contribution in [1.82, 2.24) is 0 Å². The summed E-state index contributed by atoms with van der Waals surface area (Å²) in [7, 11) is 0. The summed E-state index contributed by atoms with van der Waals surface area (Å²) in [4.78, 5) is 22.6. The Hall–Kier alpha value is -2.25. The van der Waals surface area contributed by atoms with E-state index in [1.807, 2.05) is 0 Å². The normalized spacial score (nSPS) is 11.9. The third-order valence-electron chi connectivity index (χ3n) is 2.15. The zero-order valence-electron chi connectivity index (χ0n) is 11.5. The Morgan fingerprint density at radius 3 is 2.24 bits per heavy atom. The van der Waals surface area contributed by atoms with E-state index in [1.165, 1.54) is 0 Å². The van der Waals surface area contributed by atoms with E-state index in [0.29, 0.717) is 0 Å². The number of aromatic hydroxyl groups is 1. The third-order valence-corrected chi connectivity index (χ3v) is 2.15. The summed E-state index contributed by atoms with van der Waals surface area (Å²) in [5, 5.41) is 11.6. The van der Waals surface area contributed by atoms with Gasteiger partial charge >= 0.3 is 12.3 Å². The first-order valence-electron chi connectivity index (χ1n) is 5.85. The minimum Gasteiger partial charge on any atom is -0.506 e. The molecule has 116 valence electrons. The van der Waals surface area contributed by atoms with Crippen LogP contribution in [0.1, 0.15) is 31.1 Å². The van der Waals surface area contributed by atoms with Crippen molar-refractivity contribution in [3.63, 3.8) is 0 Å². The molecule has 0 saturated heterocycles. The number of ketones is 1. The maximum Gasteiger partial charge on any atom is 0.454 e. The quantitative estimate of drug-likeness (QED) is 0.648. The number of phenolic OH excluding ortho intramolecular Hbond substituents is 1. The van der Waals surface area contributed by atoms with Gasteiger partial charge in [0.25, 0.3) is 5.78 Å². The molecule has 1 amide bonds. The summed E-state index contributed by atoms with van der Waals surface area (Å²) in [5.74, 6) is -2.56. The maximum absolute atomic E-state index is 12.3. The van der Waals surface area contributed by atoms with Crippen LogP contribution in [0, 0.1) is 0 Å². The summed E-state index contributed by atoms with van der Waals surface area (Å²) >= 11 is 0. The highest BCUT2D eigenvalue weighted by molar-refractivity contribution is 6.02. The average molecular weight is 305 g/mol. The van der Waals surface area contributed by atoms with Gasteiger partial charge in [-0.05, 0) is 39.0 Å². The van der Waals surface area contributed by atoms with Crippen LogP contribution in [0.2, 0.25) is 0 Å². The minimum atomic E-state index is -5.04. The smallest absolute Gasteiger partial charge is 0.454 e. The Labute approximate surface area is 118 Å². The van der Waals surface area contributed by atoms with Crippen molar-refractivity contribution in [2.24, 2.45) is 0 Å². The second-order valence-electron chi connectivity index (χ2n) is 5.19. The summed E-state index contributed by atoms with van der Waals surface area (Å²) in [6.45, 7) is 4.78. The molecule has 0 aliphatic heterocycles. The number of amides is 1. The van der Waals surface area contributed by atoms with Gasteiger partial charge in [-0.15, -0.1) is 0 Å². The molecule has 21 heavy (non-hydrogen) atoms. The predicted octanol–water partition coefficient (Wildman–Crippen LogP) is 3.48. The number of nitrogens with one attached hydrogen (secondary N) is 1. The molecule has 0 heterocycles. The highest BCUT2D eigenvalue weighted by atomic mass is 19.4. The first-order chi connectivity index (χ1) is 9.40. The molecule has 0 saturated carbocycles. The first-order valence-corrected chi connectivity index (χ1v) is 5.85. The van der Waals surface area contributed by atoms with Crippen LogP contribution in [0.25, 0.3) is 0 Å². The zero-order chi connectivity index (χ0) is 16.4. The summed E-state index contributed by atoms with van der Waals surface area (Å²) < 4.78 is 41.9. The fourth-order valence-corrected chi connectivity index (χ4v) is 1.35. The molecule has 0 fully saturated rings. The lowest BCUT2D eigenvalue weighted by atomic mass is 10.1. The van der Waals surface area contributed by atoms with Gasteiger partial charge in [0, 0.05) is 5.56 Å². The molecule has 8 heteroatoms. The van der Waals surface area contributed by atoms with Crippen LogP contribution in [0.15, 0.2) is 18.2 Å². The Balaban J connectivity index is 2.99. The molecule has 0 unspecified atom stereocenters. The molecule has 0 atom stereocenters. The maximum atomic E-state index is 12.3. The third kappa shape index (κ3) is 4.97. The Bertz CT molecular complexity index is 562. The van der Waals surface area contributed by atoms with Crippen LogP contribution < -0.4 is 5.32 Å². The SMILES string of the molecule is CC(C)(C)OC(=O)Nc1cc(C(=O)C(F)(F)F)ccc1O. The van der Waals surface area contributed by atoms with Gasteiger partial charge in [0.1, 0.15) is 11.4 Å². The number of carbonyl (C=O) groups excluding carboxylic acids is 2. The van der Waals surface area contributed by atoms with Crippen LogP contribution in [0.5, 0.6) is 5.75 Å². The van der Waals surface area contributed by atoms with E-state index in [0.717, 1.165) is 18.2 Å². The van der Waals surface area contributed by atoms with Crippen molar-refractivity contribution >= 4 is 17.6 Å². The summed E-state index contributed by atoms with van der Waals surface area (Å²) in [5.41, 5.74) is -1.87. The van der Waals surface area contributed by atoms with Gasteiger partial charge in [-0.3, -0.25) is 10.1 Å². The van der Waals surface area contributed by atoms with Crippen molar-refractivity contribution in [1.29, 1.82) is 0 Å². The summed E-state index contributed by atoms with van der Waals surface area (Å²) in [6, 6.07) is 2.42. The summed E-state index contributed by atoms with van der Waals surface area (Å²) in [6.07, 6.45) is -6.01. The highest BCUT2D eigenvalue weighted by Gasteiger charge is 2.39. The standard InChI is InChI=1S/C13H14F3NO4/c1-12(2,3)21-11(20)17-8-6-7(4-5-9(8)18)10(19)13(14,15)16/h4-6,18H,1-3H3,(H,17,20). The van der Waals surface area contributed by atoms with Crippen molar-refractivity contribution < 1.29 is 32.6 Å². The van der Waals surface area contributed by atoms with Crippen molar-refractivity contribution in [2.75, 3.05) is 5.32 Å². The van der Waals surface area contributed by atoms with E-state index in [-0.39, 0.29) is 5.69 Å². The molecule has 1 aromatic rings. The second-order valence-corrected chi connectivity index (χ2v) is 5.19. The van der Waals surface area contributed by atoms with E-state index < -0.39 is 35.0 Å². The largest absolute Gasteiger partial charge is 0.506 e. The van der Waals surface area contributed by atoms with Crippen LogP contribution in [-0.2, 0) is 4.74 Å². The molecular weight excluding hydrogens is 291 g/mol. The number of alkyl halides is 3. The monoisotopic (exact) mass is 305 g/mol. The van der Waals surface area contributed by atoms with Gasteiger partial charge < -0.3 is 9.84 Å². The first kappa shape index (κ1) is 16.8. The molecule has 2 N–H and O–H groups in total. The number of anilines is 1. The molecule has 0 aliphatic carbocycles. The Morgan fingerprint density at radius 2 is 1.76 bits per heavy atom. The molecule has 0 spiro atoms. The van der Waals surface area contributed by atoms with Gasteiger partial charge in [-0.25, -0.2) is 4.79 Å². The Morgan fingerprint density at radius 1 is 1.19 bits per heavy atom. The number of carbonyl (C=O) groups is 2. The lowest BCUT2D eigenvalue weighted by molar-refractivity contribution is -0.0885. The predicted molar refractivity (Wildman–Crippen MR) is 68.3 cm³/mol. The van der Waals surface area contributed by atoms with E-state index >= 15 is 0 Å². The fraction of sp³-hybridized carbons (Fsp3) is 0.385. The minimum absolute atomic E-state index is 0.348. The van der Waals surface area contributed by atoms with Crippen LogP contribution >= 0.6 is 0 Å². The molecule has 1 rings (SSSR count). The topological polar surface area (TPSA) is 75.6 Å². The van der Waals surface area contributed by atoms with Gasteiger partial charge in [-0.2, -0.15) is 13.2 Å². The number of hydrogen-bond acceptors (Lipinski definition) is 4. The number of benzene rings is 1. The zero-order valence-corrected chi connectivity index (χ0v) is 11.5. The lowest BCUT2D eigenvalue weighted by Crippen LogP contribution is -2.27. The number of hydrogen-bond donors (Lipinski definition) is 2. The van der Waals surface area contributed by atoms with Gasteiger partial charge in [0.2, 0.25) is 0 Å². The van der Waals surface area contributed by atoms with E-state index in [9.17, 15) is 27.9 Å².